The van der Waals surface area contributed by atoms with E-state index in [1.54, 1.807) is 13.3 Å². The highest BCUT2D eigenvalue weighted by molar-refractivity contribution is 4.90. The van der Waals surface area contributed by atoms with Gasteiger partial charge < -0.3 is 10.2 Å². The summed E-state index contributed by atoms with van der Waals surface area (Å²) in [6, 6.07) is 0. The van der Waals surface area contributed by atoms with Gasteiger partial charge in [-0.25, -0.2) is 5.43 Å². The summed E-state index contributed by atoms with van der Waals surface area (Å²) < 4.78 is 4.85. The van der Waals surface area contributed by atoms with Crippen molar-refractivity contribution in [3.05, 3.63) is 12.3 Å². The molecule has 0 aromatic carbocycles. The SMILES string of the molecule is COC1C=CNN1. The molecule has 0 saturated carbocycles. The molecule has 7 heavy (non-hydrogen) atoms. The average molecular weight is 100 g/mol. The van der Waals surface area contributed by atoms with Crippen LogP contribution < -0.4 is 10.9 Å². The summed E-state index contributed by atoms with van der Waals surface area (Å²) in [5, 5.41) is 0. The Kier molecular flexibility index (Phi) is 1.29. The first-order valence-electron chi connectivity index (χ1n) is 2.14. The predicted molar refractivity (Wildman–Crippen MR) is 26.2 cm³/mol. The van der Waals surface area contributed by atoms with Gasteiger partial charge in [-0.15, -0.1) is 0 Å². The van der Waals surface area contributed by atoms with Crippen LogP contribution >= 0.6 is 0 Å². The topological polar surface area (TPSA) is 33.3 Å². The molecule has 0 radical (unpaired) electrons. The highest BCUT2D eigenvalue weighted by Gasteiger charge is 2.01. The van der Waals surface area contributed by atoms with Gasteiger partial charge in [0.1, 0.15) is 6.23 Å². The smallest absolute Gasteiger partial charge is 0.144 e. The zero-order valence-corrected chi connectivity index (χ0v) is 4.14. The van der Waals surface area contributed by atoms with Crippen LogP contribution in [0.5, 0.6) is 0 Å². The summed E-state index contributed by atoms with van der Waals surface area (Å²) in [6.07, 6.45) is 3.74. The molecule has 1 heterocycles. The minimum absolute atomic E-state index is 0.0556. The van der Waals surface area contributed by atoms with Crippen LogP contribution in [0.2, 0.25) is 0 Å². The molecule has 1 aliphatic heterocycles. The maximum atomic E-state index is 4.85. The Balaban J connectivity index is 2.28. The van der Waals surface area contributed by atoms with E-state index in [-0.39, 0.29) is 6.23 Å². The zero-order valence-electron chi connectivity index (χ0n) is 4.14. The van der Waals surface area contributed by atoms with Crippen molar-refractivity contribution in [1.82, 2.24) is 10.9 Å². The molecule has 0 saturated heterocycles. The van der Waals surface area contributed by atoms with Gasteiger partial charge in [-0.2, -0.15) is 0 Å². The number of ether oxygens (including phenoxy) is 1. The van der Waals surface area contributed by atoms with Gasteiger partial charge >= 0.3 is 0 Å². The summed E-state index contributed by atoms with van der Waals surface area (Å²) in [5.74, 6) is 0. The normalized spacial score (nSPS) is 27.9. The van der Waals surface area contributed by atoms with Crippen LogP contribution in [0, 0.1) is 0 Å². The number of hydrogen-bond acceptors (Lipinski definition) is 3. The van der Waals surface area contributed by atoms with Crippen molar-refractivity contribution in [1.29, 1.82) is 0 Å². The Hall–Kier alpha value is -0.540. The molecule has 0 bridgehead atoms. The fraction of sp³-hybridized carbons (Fsp3) is 0.500. The molecule has 1 aliphatic rings. The third-order valence-electron chi connectivity index (χ3n) is 0.834. The lowest BCUT2D eigenvalue weighted by Crippen LogP contribution is -2.31. The maximum absolute atomic E-state index is 4.85. The van der Waals surface area contributed by atoms with Gasteiger partial charge in [-0.3, -0.25) is 0 Å². The van der Waals surface area contributed by atoms with Gasteiger partial charge in [0.25, 0.3) is 0 Å². The third kappa shape index (κ3) is 0.913. The lowest BCUT2D eigenvalue weighted by Gasteiger charge is -2.03. The van der Waals surface area contributed by atoms with Crippen LogP contribution in [0.25, 0.3) is 0 Å². The van der Waals surface area contributed by atoms with Crippen LogP contribution in [0.1, 0.15) is 0 Å². The standard InChI is InChI=1S/C4H8N2O/c1-7-4-2-3-5-6-4/h2-6H,1H3. The van der Waals surface area contributed by atoms with E-state index in [1.165, 1.54) is 0 Å². The van der Waals surface area contributed by atoms with Gasteiger partial charge in [0.2, 0.25) is 0 Å². The molecule has 3 heteroatoms. The quantitative estimate of drug-likeness (QED) is 0.469. The van der Waals surface area contributed by atoms with E-state index in [1.807, 2.05) is 6.08 Å². The van der Waals surface area contributed by atoms with Gasteiger partial charge in [0.15, 0.2) is 0 Å². The molecule has 40 valence electrons. The molecule has 3 nitrogen and oxygen atoms in total. The molecule has 0 aromatic heterocycles. The van der Waals surface area contributed by atoms with Crippen LogP contribution in [-0.2, 0) is 4.74 Å². The van der Waals surface area contributed by atoms with E-state index in [0.717, 1.165) is 0 Å². The molecule has 1 rings (SSSR count). The zero-order chi connectivity index (χ0) is 5.11. The molecular formula is C4H8N2O. The van der Waals surface area contributed by atoms with Crippen LogP contribution in [0.4, 0.5) is 0 Å². The number of methoxy groups -OCH3 is 1. The van der Waals surface area contributed by atoms with Crippen molar-refractivity contribution < 1.29 is 4.74 Å². The first kappa shape index (κ1) is 4.61. The molecule has 1 atom stereocenters. The molecule has 0 fully saturated rings. The maximum Gasteiger partial charge on any atom is 0.144 e. The van der Waals surface area contributed by atoms with E-state index in [4.69, 9.17) is 4.74 Å². The second kappa shape index (κ2) is 1.95. The Morgan fingerprint density at radius 2 is 2.57 bits per heavy atom. The van der Waals surface area contributed by atoms with E-state index in [9.17, 15) is 0 Å². The minimum Gasteiger partial charge on any atom is -0.361 e. The Labute approximate surface area is 42.3 Å². The summed E-state index contributed by atoms with van der Waals surface area (Å²) >= 11 is 0. The van der Waals surface area contributed by atoms with Crippen molar-refractivity contribution >= 4 is 0 Å². The number of rotatable bonds is 1. The van der Waals surface area contributed by atoms with Crippen molar-refractivity contribution in [3.63, 3.8) is 0 Å². The second-order valence-corrected chi connectivity index (χ2v) is 1.30. The molecule has 0 aromatic rings. The Bertz CT molecular complexity index is 81.8. The van der Waals surface area contributed by atoms with Crippen LogP contribution in [0.15, 0.2) is 12.3 Å². The highest BCUT2D eigenvalue weighted by atomic mass is 16.5. The van der Waals surface area contributed by atoms with Gasteiger partial charge in [0, 0.05) is 13.3 Å². The van der Waals surface area contributed by atoms with Crippen molar-refractivity contribution in [2.45, 2.75) is 6.23 Å². The molecule has 2 N–H and O–H groups in total. The van der Waals surface area contributed by atoms with Gasteiger partial charge in [0.05, 0.1) is 0 Å². The second-order valence-electron chi connectivity index (χ2n) is 1.30. The highest BCUT2D eigenvalue weighted by Crippen LogP contribution is 1.88. The molecule has 0 aliphatic carbocycles. The molecule has 0 spiro atoms. The van der Waals surface area contributed by atoms with Crippen molar-refractivity contribution in [3.8, 4) is 0 Å². The third-order valence-corrected chi connectivity index (χ3v) is 0.834. The minimum atomic E-state index is 0.0556. The Morgan fingerprint density at radius 1 is 1.71 bits per heavy atom. The number of hydrazine groups is 1. The van der Waals surface area contributed by atoms with Gasteiger partial charge in [-0.05, 0) is 6.08 Å². The summed E-state index contributed by atoms with van der Waals surface area (Å²) in [6.45, 7) is 0. The molecule has 0 amide bonds. The predicted octanol–water partition coefficient (Wildman–Crippen LogP) is -0.420. The van der Waals surface area contributed by atoms with Gasteiger partial charge in [-0.1, -0.05) is 0 Å². The number of hydrogen-bond donors (Lipinski definition) is 2. The largest absolute Gasteiger partial charge is 0.361 e. The first-order chi connectivity index (χ1) is 3.43. The summed E-state index contributed by atoms with van der Waals surface area (Å²) in [4.78, 5) is 0. The Morgan fingerprint density at radius 3 is 2.86 bits per heavy atom. The van der Waals surface area contributed by atoms with E-state index < -0.39 is 0 Å². The van der Waals surface area contributed by atoms with Crippen LogP contribution in [0.3, 0.4) is 0 Å². The lowest BCUT2D eigenvalue weighted by molar-refractivity contribution is 0.114. The van der Waals surface area contributed by atoms with E-state index in [0.29, 0.717) is 0 Å². The summed E-state index contributed by atoms with van der Waals surface area (Å²) in [7, 11) is 1.65. The molecule has 1 unspecified atom stereocenters. The van der Waals surface area contributed by atoms with Crippen molar-refractivity contribution in [2.24, 2.45) is 0 Å². The van der Waals surface area contributed by atoms with E-state index >= 15 is 0 Å². The fourth-order valence-corrected chi connectivity index (χ4v) is 0.451. The van der Waals surface area contributed by atoms with E-state index in [2.05, 4.69) is 10.9 Å². The number of nitrogens with one attached hydrogen (secondary N) is 2. The van der Waals surface area contributed by atoms with Crippen molar-refractivity contribution in [2.75, 3.05) is 7.11 Å². The lowest BCUT2D eigenvalue weighted by atomic mass is 10.6. The fourth-order valence-electron chi connectivity index (χ4n) is 0.451. The average Bonchev–Trinajstić information content (AvgIpc) is 2.14. The molecular weight excluding hydrogens is 92.1 g/mol. The summed E-state index contributed by atoms with van der Waals surface area (Å²) in [5.41, 5.74) is 5.59. The monoisotopic (exact) mass is 100 g/mol. The first-order valence-corrected chi connectivity index (χ1v) is 2.14. The van der Waals surface area contributed by atoms with Crippen LogP contribution in [-0.4, -0.2) is 13.3 Å².